The smallest absolute Gasteiger partial charge is 0.330 e. The Balaban J connectivity index is 2.45. The van der Waals surface area contributed by atoms with Gasteiger partial charge in [0.2, 0.25) is 5.91 Å². The summed E-state index contributed by atoms with van der Waals surface area (Å²) >= 11 is 0. The van der Waals surface area contributed by atoms with Crippen LogP contribution >= 0.6 is 0 Å². The average Bonchev–Trinajstić information content (AvgIpc) is 2.31. The number of hydrogen-bond acceptors (Lipinski definition) is 2. The molecule has 4 heteroatoms. The molecule has 1 aliphatic rings. The summed E-state index contributed by atoms with van der Waals surface area (Å²) in [7, 11) is 1.73. The van der Waals surface area contributed by atoms with Gasteiger partial charge in [0.15, 0.2) is 0 Å². The lowest BCUT2D eigenvalue weighted by atomic mass is 10.00. The number of carbonyl (C=O) groups excluding carboxylic acids is 1. The molecule has 0 radical (unpaired) electrons. The van der Waals surface area contributed by atoms with E-state index < -0.39 is 5.97 Å². The topological polar surface area (TPSA) is 57.6 Å². The molecule has 1 unspecified atom stereocenters. The van der Waals surface area contributed by atoms with Crippen LogP contribution in [0.15, 0.2) is 12.2 Å². The number of amides is 1. The number of carboxylic acids is 1. The van der Waals surface area contributed by atoms with E-state index in [1.54, 1.807) is 11.9 Å². The van der Waals surface area contributed by atoms with Crippen molar-refractivity contribution >= 4 is 11.9 Å². The van der Waals surface area contributed by atoms with E-state index in [-0.39, 0.29) is 17.4 Å². The SMILES string of the molecule is C=C(CC1CC(=O)N(C)C1)C(=O)O. The summed E-state index contributed by atoms with van der Waals surface area (Å²) in [5.74, 6) is -0.758. The number of likely N-dealkylation sites (tertiary alicyclic amines) is 1. The first-order valence-electron chi connectivity index (χ1n) is 4.15. The summed E-state index contributed by atoms with van der Waals surface area (Å²) in [6, 6.07) is 0. The van der Waals surface area contributed by atoms with Crippen LogP contribution in [0, 0.1) is 5.92 Å². The molecular weight excluding hydrogens is 170 g/mol. The fourth-order valence-corrected chi connectivity index (χ4v) is 1.53. The van der Waals surface area contributed by atoms with Crippen molar-refractivity contribution in [3.05, 3.63) is 12.2 Å². The van der Waals surface area contributed by atoms with E-state index in [0.29, 0.717) is 19.4 Å². The highest BCUT2D eigenvalue weighted by Crippen LogP contribution is 2.22. The number of aliphatic carboxylic acids is 1. The molecule has 4 nitrogen and oxygen atoms in total. The van der Waals surface area contributed by atoms with Crippen LogP contribution in [0.1, 0.15) is 12.8 Å². The quantitative estimate of drug-likeness (QED) is 0.648. The third-order valence-electron chi connectivity index (χ3n) is 2.26. The summed E-state index contributed by atoms with van der Waals surface area (Å²) in [5, 5.41) is 8.58. The van der Waals surface area contributed by atoms with Crippen LogP contribution < -0.4 is 0 Å². The van der Waals surface area contributed by atoms with Crippen LogP contribution in [0.3, 0.4) is 0 Å². The number of nitrogens with zero attached hydrogens (tertiary/aromatic N) is 1. The minimum Gasteiger partial charge on any atom is -0.478 e. The predicted octanol–water partition coefficient (Wildman–Crippen LogP) is 0.496. The Morgan fingerprint density at radius 2 is 2.38 bits per heavy atom. The Kier molecular flexibility index (Phi) is 2.70. The first kappa shape index (κ1) is 9.77. The molecule has 72 valence electrons. The van der Waals surface area contributed by atoms with Crippen molar-refractivity contribution in [3.63, 3.8) is 0 Å². The van der Waals surface area contributed by atoms with Gasteiger partial charge in [-0.3, -0.25) is 4.79 Å². The van der Waals surface area contributed by atoms with Crippen LogP contribution in [0.25, 0.3) is 0 Å². The molecule has 13 heavy (non-hydrogen) atoms. The predicted molar refractivity (Wildman–Crippen MR) is 47.1 cm³/mol. The van der Waals surface area contributed by atoms with E-state index in [4.69, 9.17) is 5.11 Å². The van der Waals surface area contributed by atoms with E-state index >= 15 is 0 Å². The molecule has 1 N–H and O–H groups in total. The van der Waals surface area contributed by atoms with Gasteiger partial charge >= 0.3 is 5.97 Å². The molecule has 1 rings (SSSR count). The molecule has 0 bridgehead atoms. The van der Waals surface area contributed by atoms with Crippen molar-refractivity contribution in [2.75, 3.05) is 13.6 Å². The highest BCUT2D eigenvalue weighted by Gasteiger charge is 2.27. The molecule has 1 fully saturated rings. The lowest BCUT2D eigenvalue weighted by molar-refractivity contribution is -0.133. The molecule has 0 aromatic heterocycles. The Bertz CT molecular complexity index is 260. The van der Waals surface area contributed by atoms with Crippen LogP contribution in [0.5, 0.6) is 0 Å². The first-order valence-corrected chi connectivity index (χ1v) is 4.15. The Morgan fingerprint density at radius 1 is 1.77 bits per heavy atom. The number of carboxylic acid groups (broad SMARTS) is 1. The number of rotatable bonds is 3. The van der Waals surface area contributed by atoms with Gasteiger partial charge in [-0.2, -0.15) is 0 Å². The van der Waals surface area contributed by atoms with Gasteiger partial charge in [-0.05, 0) is 12.3 Å². The molecule has 1 amide bonds. The Labute approximate surface area is 76.8 Å². The second-order valence-corrected chi connectivity index (χ2v) is 3.46. The maximum absolute atomic E-state index is 11.1. The largest absolute Gasteiger partial charge is 0.478 e. The summed E-state index contributed by atoms with van der Waals surface area (Å²) in [6.45, 7) is 4.08. The lowest BCUT2D eigenvalue weighted by Crippen LogP contribution is -2.19. The van der Waals surface area contributed by atoms with Crippen LogP contribution in [0.4, 0.5) is 0 Å². The average molecular weight is 183 g/mol. The van der Waals surface area contributed by atoms with Crippen molar-refractivity contribution in [1.82, 2.24) is 4.90 Å². The van der Waals surface area contributed by atoms with Crippen molar-refractivity contribution in [3.8, 4) is 0 Å². The molecule has 0 spiro atoms. The van der Waals surface area contributed by atoms with Gasteiger partial charge in [-0.25, -0.2) is 4.79 Å². The maximum Gasteiger partial charge on any atom is 0.330 e. The van der Waals surface area contributed by atoms with Gasteiger partial charge in [0, 0.05) is 25.6 Å². The van der Waals surface area contributed by atoms with E-state index in [9.17, 15) is 9.59 Å². The van der Waals surface area contributed by atoms with Crippen molar-refractivity contribution < 1.29 is 14.7 Å². The molecule has 1 saturated heterocycles. The minimum atomic E-state index is -0.970. The second kappa shape index (κ2) is 3.60. The monoisotopic (exact) mass is 183 g/mol. The zero-order valence-electron chi connectivity index (χ0n) is 7.62. The molecular formula is C9H13NO3. The van der Waals surface area contributed by atoms with Crippen LogP contribution in [-0.2, 0) is 9.59 Å². The van der Waals surface area contributed by atoms with Gasteiger partial charge in [0.05, 0.1) is 0 Å². The molecule has 1 atom stereocenters. The van der Waals surface area contributed by atoms with Crippen LogP contribution in [0.2, 0.25) is 0 Å². The molecule has 1 heterocycles. The Hall–Kier alpha value is -1.32. The minimum absolute atomic E-state index is 0.0863. The van der Waals surface area contributed by atoms with Crippen LogP contribution in [-0.4, -0.2) is 35.5 Å². The van der Waals surface area contributed by atoms with Gasteiger partial charge in [0.1, 0.15) is 0 Å². The summed E-state index contributed by atoms with van der Waals surface area (Å²) < 4.78 is 0. The van der Waals surface area contributed by atoms with E-state index in [2.05, 4.69) is 6.58 Å². The third kappa shape index (κ3) is 2.31. The summed E-state index contributed by atoms with van der Waals surface area (Å²) in [5.41, 5.74) is 0.188. The van der Waals surface area contributed by atoms with E-state index in [1.165, 1.54) is 0 Å². The summed E-state index contributed by atoms with van der Waals surface area (Å²) in [6.07, 6.45) is 0.855. The molecule has 0 aromatic rings. The highest BCUT2D eigenvalue weighted by atomic mass is 16.4. The number of hydrogen-bond donors (Lipinski definition) is 1. The second-order valence-electron chi connectivity index (χ2n) is 3.46. The molecule has 1 aliphatic heterocycles. The fourth-order valence-electron chi connectivity index (χ4n) is 1.53. The number of carbonyl (C=O) groups is 2. The van der Waals surface area contributed by atoms with Gasteiger partial charge in [0.25, 0.3) is 0 Å². The fraction of sp³-hybridized carbons (Fsp3) is 0.556. The van der Waals surface area contributed by atoms with Gasteiger partial charge in [-0.1, -0.05) is 6.58 Å². The van der Waals surface area contributed by atoms with Gasteiger partial charge in [-0.15, -0.1) is 0 Å². The van der Waals surface area contributed by atoms with Crippen molar-refractivity contribution in [2.45, 2.75) is 12.8 Å². The summed E-state index contributed by atoms with van der Waals surface area (Å²) in [4.78, 5) is 23.2. The van der Waals surface area contributed by atoms with Crippen molar-refractivity contribution in [2.24, 2.45) is 5.92 Å². The molecule has 0 aliphatic carbocycles. The zero-order valence-corrected chi connectivity index (χ0v) is 7.62. The maximum atomic E-state index is 11.1. The highest BCUT2D eigenvalue weighted by molar-refractivity contribution is 5.86. The standard InChI is InChI=1S/C9H13NO3/c1-6(9(12)13)3-7-4-8(11)10(2)5-7/h7H,1,3-5H2,2H3,(H,12,13). The van der Waals surface area contributed by atoms with E-state index in [0.717, 1.165) is 0 Å². The molecule has 0 aromatic carbocycles. The van der Waals surface area contributed by atoms with Gasteiger partial charge < -0.3 is 10.0 Å². The lowest BCUT2D eigenvalue weighted by Gasteiger charge is -2.09. The zero-order chi connectivity index (χ0) is 10.0. The third-order valence-corrected chi connectivity index (χ3v) is 2.26. The molecule has 0 saturated carbocycles. The van der Waals surface area contributed by atoms with E-state index in [1.807, 2.05) is 0 Å². The first-order chi connectivity index (χ1) is 6.00. The normalized spacial score (nSPS) is 22.1. The Morgan fingerprint density at radius 3 is 2.77 bits per heavy atom. The van der Waals surface area contributed by atoms with Crippen molar-refractivity contribution in [1.29, 1.82) is 0 Å².